The van der Waals surface area contributed by atoms with Gasteiger partial charge in [-0.25, -0.2) is 4.98 Å². The van der Waals surface area contributed by atoms with E-state index in [9.17, 15) is 4.79 Å². The fourth-order valence-electron chi connectivity index (χ4n) is 2.10. The van der Waals surface area contributed by atoms with Crippen molar-refractivity contribution in [1.29, 1.82) is 0 Å². The number of nitrogens with one attached hydrogen (secondary N) is 1. The van der Waals surface area contributed by atoms with Crippen molar-refractivity contribution < 1.29 is 9.53 Å². The molecule has 5 heteroatoms. The van der Waals surface area contributed by atoms with Crippen molar-refractivity contribution in [3.05, 3.63) is 65.0 Å². The molecule has 0 aliphatic carbocycles. The molecular formula is C18H16N2O2S. The maximum Gasteiger partial charge on any atom is 0.221 e. The van der Waals surface area contributed by atoms with Crippen LogP contribution in [0, 0.1) is 0 Å². The van der Waals surface area contributed by atoms with Crippen LogP contribution in [0.15, 0.2) is 60.0 Å². The lowest BCUT2D eigenvalue weighted by Gasteiger charge is -2.06. The lowest BCUT2D eigenvalue weighted by atomic mass is 10.2. The maximum absolute atomic E-state index is 11.0. The van der Waals surface area contributed by atoms with Crippen LogP contribution in [0.2, 0.25) is 0 Å². The van der Waals surface area contributed by atoms with Gasteiger partial charge in [-0.1, -0.05) is 30.3 Å². The van der Waals surface area contributed by atoms with E-state index in [0.717, 1.165) is 27.7 Å². The molecule has 1 aromatic heterocycles. The average molecular weight is 324 g/mol. The van der Waals surface area contributed by atoms with E-state index in [1.165, 1.54) is 6.92 Å². The van der Waals surface area contributed by atoms with Crippen LogP contribution in [-0.4, -0.2) is 10.9 Å². The number of rotatable bonds is 5. The Bertz CT molecular complexity index is 782. The Morgan fingerprint density at radius 2 is 1.87 bits per heavy atom. The van der Waals surface area contributed by atoms with Crippen LogP contribution in [0.25, 0.3) is 11.3 Å². The van der Waals surface area contributed by atoms with Crippen molar-refractivity contribution in [1.82, 2.24) is 4.98 Å². The predicted molar refractivity (Wildman–Crippen MR) is 92.6 cm³/mol. The Labute approximate surface area is 138 Å². The van der Waals surface area contributed by atoms with Crippen LogP contribution in [0.5, 0.6) is 5.75 Å². The monoisotopic (exact) mass is 324 g/mol. The number of aromatic nitrogens is 1. The summed E-state index contributed by atoms with van der Waals surface area (Å²) < 4.78 is 5.74. The SMILES string of the molecule is CC(=O)Nc1ccc(OCc2nc(-c3ccccc3)cs2)cc1. The van der Waals surface area contributed by atoms with Gasteiger partial charge in [-0.15, -0.1) is 11.3 Å². The zero-order valence-electron chi connectivity index (χ0n) is 12.7. The number of hydrogen-bond donors (Lipinski definition) is 1. The van der Waals surface area contributed by atoms with Gasteiger partial charge < -0.3 is 10.1 Å². The predicted octanol–water partition coefficient (Wildman–Crippen LogP) is 4.35. The maximum atomic E-state index is 11.0. The molecule has 0 spiro atoms. The molecule has 1 amide bonds. The van der Waals surface area contributed by atoms with Crippen LogP contribution >= 0.6 is 11.3 Å². The molecule has 1 N–H and O–H groups in total. The van der Waals surface area contributed by atoms with Gasteiger partial charge in [0.05, 0.1) is 5.69 Å². The van der Waals surface area contributed by atoms with E-state index >= 15 is 0 Å². The van der Waals surface area contributed by atoms with Crippen LogP contribution in [0.1, 0.15) is 11.9 Å². The van der Waals surface area contributed by atoms with Crippen molar-refractivity contribution in [3.63, 3.8) is 0 Å². The van der Waals surface area contributed by atoms with Gasteiger partial charge in [-0.3, -0.25) is 4.79 Å². The molecule has 116 valence electrons. The lowest BCUT2D eigenvalue weighted by molar-refractivity contribution is -0.114. The number of thiazole rings is 1. The number of benzene rings is 2. The molecule has 0 aliphatic heterocycles. The van der Waals surface area contributed by atoms with Crippen LogP contribution in [-0.2, 0) is 11.4 Å². The second-order valence-electron chi connectivity index (χ2n) is 4.99. The lowest BCUT2D eigenvalue weighted by Crippen LogP contribution is -2.05. The summed E-state index contributed by atoms with van der Waals surface area (Å²) in [5, 5.41) is 5.68. The molecule has 0 unspecified atom stereocenters. The van der Waals surface area contributed by atoms with Crippen molar-refractivity contribution in [2.24, 2.45) is 0 Å². The number of ether oxygens (including phenoxy) is 1. The van der Waals surface area contributed by atoms with E-state index in [-0.39, 0.29) is 5.91 Å². The first kappa shape index (κ1) is 15.2. The van der Waals surface area contributed by atoms with Gasteiger partial charge >= 0.3 is 0 Å². The van der Waals surface area contributed by atoms with Gasteiger partial charge in [-0.05, 0) is 24.3 Å². The van der Waals surface area contributed by atoms with E-state index in [1.807, 2.05) is 60.0 Å². The summed E-state index contributed by atoms with van der Waals surface area (Å²) in [4.78, 5) is 15.6. The Hall–Kier alpha value is -2.66. The molecular weight excluding hydrogens is 308 g/mol. The first-order valence-corrected chi connectivity index (χ1v) is 8.09. The molecule has 0 saturated carbocycles. The molecule has 0 fully saturated rings. The summed E-state index contributed by atoms with van der Waals surface area (Å²) in [7, 11) is 0. The normalized spacial score (nSPS) is 10.3. The highest BCUT2D eigenvalue weighted by atomic mass is 32.1. The van der Waals surface area contributed by atoms with Gasteiger partial charge in [-0.2, -0.15) is 0 Å². The molecule has 0 radical (unpaired) electrons. The van der Waals surface area contributed by atoms with Crippen LogP contribution in [0.3, 0.4) is 0 Å². The molecule has 3 rings (SSSR count). The molecule has 4 nitrogen and oxygen atoms in total. The van der Waals surface area contributed by atoms with Gasteiger partial charge in [0.25, 0.3) is 0 Å². The summed E-state index contributed by atoms with van der Waals surface area (Å²) in [6.07, 6.45) is 0. The van der Waals surface area contributed by atoms with Gasteiger partial charge in [0.2, 0.25) is 5.91 Å². The van der Waals surface area contributed by atoms with Gasteiger partial charge in [0.15, 0.2) is 0 Å². The smallest absolute Gasteiger partial charge is 0.221 e. The minimum Gasteiger partial charge on any atom is -0.486 e. The zero-order valence-corrected chi connectivity index (χ0v) is 13.5. The fourth-order valence-corrected chi connectivity index (χ4v) is 2.82. The van der Waals surface area contributed by atoms with Crippen molar-refractivity contribution in [3.8, 4) is 17.0 Å². The summed E-state index contributed by atoms with van der Waals surface area (Å²) in [6, 6.07) is 17.4. The third-order valence-corrected chi connectivity index (χ3v) is 3.98. The molecule has 0 atom stereocenters. The van der Waals surface area contributed by atoms with Crippen molar-refractivity contribution in [2.75, 3.05) is 5.32 Å². The van der Waals surface area contributed by atoms with E-state index < -0.39 is 0 Å². The number of hydrogen-bond acceptors (Lipinski definition) is 4. The average Bonchev–Trinajstić information content (AvgIpc) is 3.04. The molecule has 3 aromatic rings. The first-order chi connectivity index (χ1) is 11.2. The highest BCUT2D eigenvalue weighted by Crippen LogP contribution is 2.23. The second-order valence-corrected chi connectivity index (χ2v) is 5.93. The standard InChI is InChI=1S/C18H16N2O2S/c1-13(21)19-15-7-9-16(10-8-15)22-11-18-20-17(12-23-18)14-5-3-2-4-6-14/h2-10,12H,11H2,1H3,(H,19,21). The van der Waals surface area contributed by atoms with Crippen molar-refractivity contribution in [2.45, 2.75) is 13.5 Å². The highest BCUT2D eigenvalue weighted by molar-refractivity contribution is 7.09. The summed E-state index contributed by atoms with van der Waals surface area (Å²) in [5.41, 5.74) is 2.83. The minimum absolute atomic E-state index is 0.0881. The van der Waals surface area contributed by atoms with Crippen LogP contribution in [0.4, 0.5) is 5.69 Å². The second kappa shape index (κ2) is 7.07. The highest BCUT2D eigenvalue weighted by Gasteiger charge is 2.05. The van der Waals surface area contributed by atoms with E-state index in [1.54, 1.807) is 11.3 Å². The quantitative estimate of drug-likeness (QED) is 0.759. The molecule has 1 heterocycles. The zero-order chi connectivity index (χ0) is 16.1. The Balaban J connectivity index is 1.60. The third-order valence-electron chi connectivity index (χ3n) is 3.16. The van der Waals surface area contributed by atoms with E-state index in [2.05, 4.69) is 10.3 Å². The topological polar surface area (TPSA) is 51.2 Å². The van der Waals surface area contributed by atoms with Crippen LogP contribution < -0.4 is 10.1 Å². The number of anilines is 1. The Kier molecular flexibility index (Phi) is 4.68. The largest absolute Gasteiger partial charge is 0.486 e. The van der Waals surface area contributed by atoms with Gasteiger partial charge in [0, 0.05) is 23.6 Å². The number of carbonyl (C=O) groups is 1. The molecule has 23 heavy (non-hydrogen) atoms. The van der Waals surface area contributed by atoms with E-state index in [4.69, 9.17) is 4.74 Å². The fraction of sp³-hybridized carbons (Fsp3) is 0.111. The van der Waals surface area contributed by atoms with Crippen molar-refractivity contribution >= 4 is 22.9 Å². The van der Waals surface area contributed by atoms with Gasteiger partial charge in [0.1, 0.15) is 17.4 Å². The number of nitrogens with zero attached hydrogens (tertiary/aromatic N) is 1. The van der Waals surface area contributed by atoms with E-state index in [0.29, 0.717) is 6.61 Å². The minimum atomic E-state index is -0.0881. The Morgan fingerprint density at radius 3 is 2.57 bits per heavy atom. The number of carbonyl (C=O) groups excluding carboxylic acids is 1. The summed E-state index contributed by atoms with van der Waals surface area (Å²) in [6.45, 7) is 1.91. The number of amides is 1. The third kappa shape index (κ3) is 4.17. The molecule has 0 saturated heterocycles. The molecule has 0 aliphatic rings. The molecule has 2 aromatic carbocycles. The molecule has 0 bridgehead atoms. The first-order valence-electron chi connectivity index (χ1n) is 7.21. The Morgan fingerprint density at radius 1 is 1.13 bits per heavy atom. The summed E-state index contributed by atoms with van der Waals surface area (Å²) in [5.74, 6) is 0.658. The summed E-state index contributed by atoms with van der Waals surface area (Å²) >= 11 is 1.58.